The Bertz CT molecular complexity index is 1080. The standard InChI is InChI=1S/C26H28N2O6/c1-4-14-33-22-8-6-5-7-20(22)10-12-25(29)34-23-11-9-19(17-24(23)32-3)16-21(18-27)26(30)28-13-15-31-2/h5-12,16-17H,4,13-15H2,1-3H3,(H,28,30)/b12-10+,21-16+. The third-order valence-electron chi connectivity index (χ3n) is 4.45. The molecule has 0 saturated carbocycles. The molecule has 0 aromatic heterocycles. The Morgan fingerprint density at radius 1 is 1.06 bits per heavy atom. The van der Waals surface area contributed by atoms with Crippen molar-refractivity contribution in [3.05, 3.63) is 65.2 Å². The minimum Gasteiger partial charge on any atom is -0.493 e. The van der Waals surface area contributed by atoms with Crippen molar-refractivity contribution in [2.75, 3.05) is 34.0 Å². The Hall–Kier alpha value is -4.09. The van der Waals surface area contributed by atoms with E-state index in [0.717, 1.165) is 12.0 Å². The molecular formula is C26H28N2O6. The van der Waals surface area contributed by atoms with Gasteiger partial charge in [0.25, 0.3) is 5.91 Å². The van der Waals surface area contributed by atoms with Crippen LogP contribution in [0.1, 0.15) is 24.5 Å². The van der Waals surface area contributed by atoms with Gasteiger partial charge in [-0.15, -0.1) is 0 Å². The Morgan fingerprint density at radius 3 is 2.56 bits per heavy atom. The summed E-state index contributed by atoms with van der Waals surface area (Å²) in [5.41, 5.74) is 1.22. The first-order chi connectivity index (χ1) is 16.5. The van der Waals surface area contributed by atoms with E-state index in [1.807, 2.05) is 37.3 Å². The molecule has 8 nitrogen and oxygen atoms in total. The van der Waals surface area contributed by atoms with Gasteiger partial charge in [0.15, 0.2) is 11.5 Å². The third-order valence-corrected chi connectivity index (χ3v) is 4.45. The van der Waals surface area contributed by atoms with Gasteiger partial charge < -0.3 is 24.3 Å². The SMILES string of the molecule is CCCOc1ccccc1/C=C/C(=O)Oc1ccc(/C=C(\C#N)C(=O)NCCOC)cc1OC. The van der Waals surface area contributed by atoms with Crippen LogP contribution in [-0.2, 0) is 14.3 Å². The van der Waals surface area contributed by atoms with E-state index in [-0.39, 0.29) is 23.6 Å². The zero-order valence-corrected chi connectivity index (χ0v) is 19.5. The molecule has 0 unspecified atom stereocenters. The van der Waals surface area contributed by atoms with Crippen LogP contribution in [0.15, 0.2) is 54.1 Å². The van der Waals surface area contributed by atoms with Crippen LogP contribution in [0.2, 0.25) is 0 Å². The van der Waals surface area contributed by atoms with Gasteiger partial charge in [0.05, 0.1) is 20.3 Å². The molecule has 2 rings (SSSR count). The molecule has 0 aliphatic heterocycles. The first kappa shape index (κ1) is 26.2. The topological polar surface area (TPSA) is 107 Å². The van der Waals surface area contributed by atoms with Crippen molar-refractivity contribution >= 4 is 24.0 Å². The minimum atomic E-state index is -0.595. The van der Waals surface area contributed by atoms with Gasteiger partial charge in [-0.2, -0.15) is 5.26 Å². The monoisotopic (exact) mass is 464 g/mol. The van der Waals surface area contributed by atoms with Gasteiger partial charge in [0.2, 0.25) is 0 Å². The lowest BCUT2D eigenvalue weighted by Crippen LogP contribution is -2.27. The molecule has 0 bridgehead atoms. The van der Waals surface area contributed by atoms with Crippen LogP contribution in [0.5, 0.6) is 17.2 Å². The summed E-state index contributed by atoms with van der Waals surface area (Å²) in [4.78, 5) is 24.5. The lowest BCUT2D eigenvalue weighted by atomic mass is 10.1. The molecule has 0 heterocycles. The molecule has 34 heavy (non-hydrogen) atoms. The van der Waals surface area contributed by atoms with Crippen LogP contribution in [0.3, 0.4) is 0 Å². The van der Waals surface area contributed by atoms with E-state index >= 15 is 0 Å². The van der Waals surface area contributed by atoms with Crippen molar-refractivity contribution in [1.29, 1.82) is 5.26 Å². The minimum absolute atomic E-state index is 0.0743. The molecule has 2 aromatic carbocycles. The molecule has 178 valence electrons. The average Bonchev–Trinajstić information content (AvgIpc) is 2.85. The number of esters is 1. The summed E-state index contributed by atoms with van der Waals surface area (Å²) in [5.74, 6) is 0.0540. The molecule has 0 saturated heterocycles. The Labute approximate surface area is 199 Å². The fourth-order valence-corrected chi connectivity index (χ4v) is 2.80. The Morgan fingerprint density at radius 2 is 1.85 bits per heavy atom. The lowest BCUT2D eigenvalue weighted by Gasteiger charge is -2.10. The van der Waals surface area contributed by atoms with E-state index in [1.54, 1.807) is 18.2 Å². The average molecular weight is 465 g/mol. The number of carbonyl (C=O) groups is 2. The van der Waals surface area contributed by atoms with E-state index in [4.69, 9.17) is 18.9 Å². The van der Waals surface area contributed by atoms with E-state index in [2.05, 4.69) is 5.32 Å². The van der Waals surface area contributed by atoms with Crippen molar-refractivity contribution in [1.82, 2.24) is 5.32 Å². The second-order valence-corrected chi connectivity index (χ2v) is 6.97. The number of para-hydroxylation sites is 1. The predicted octanol–water partition coefficient (Wildman–Crippen LogP) is 3.77. The van der Waals surface area contributed by atoms with Crippen LogP contribution in [-0.4, -0.2) is 45.9 Å². The molecule has 8 heteroatoms. The number of methoxy groups -OCH3 is 2. The van der Waals surface area contributed by atoms with Crippen LogP contribution in [0.25, 0.3) is 12.2 Å². The van der Waals surface area contributed by atoms with Gasteiger partial charge >= 0.3 is 5.97 Å². The fraction of sp³-hybridized carbons (Fsp3) is 0.269. The molecule has 0 atom stereocenters. The number of ether oxygens (including phenoxy) is 4. The summed E-state index contributed by atoms with van der Waals surface area (Å²) in [5, 5.41) is 11.9. The highest BCUT2D eigenvalue weighted by Gasteiger charge is 2.12. The number of rotatable bonds is 12. The highest BCUT2D eigenvalue weighted by molar-refractivity contribution is 6.01. The van der Waals surface area contributed by atoms with E-state index in [1.165, 1.54) is 32.4 Å². The molecule has 0 radical (unpaired) electrons. The first-order valence-electron chi connectivity index (χ1n) is 10.7. The van der Waals surface area contributed by atoms with Gasteiger partial charge in [-0.05, 0) is 42.3 Å². The number of benzene rings is 2. The van der Waals surface area contributed by atoms with Gasteiger partial charge in [-0.1, -0.05) is 31.2 Å². The molecular weight excluding hydrogens is 436 g/mol. The van der Waals surface area contributed by atoms with Crippen LogP contribution < -0.4 is 19.5 Å². The summed E-state index contributed by atoms with van der Waals surface area (Å²) < 4.78 is 21.3. The second kappa shape index (κ2) is 14.1. The normalized spacial score (nSPS) is 11.1. The largest absolute Gasteiger partial charge is 0.493 e. The predicted molar refractivity (Wildman–Crippen MR) is 128 cm³/mol. The van der Waals surface area contributed by atoms with E-state index < -0.39 is 11.9 Å². The van der Waals surface area contributed by atoms with Gasteiger partial charge in [-0.25, -0.2) is 4.79 Å². The summed E-state index contributed by atoms with van der Waals surface area (Å²) >= 11 is 0. The number of nitrogens with zero attached hydrogens (tertiary/aromatic N) is 1. The highest BCUT2D eigenvalue weighted by atomic mass is 16.6. The fourth-order valence-electron chi connectivity index (χ4n) is 2.80. The highest BCUT2D eigenvalue weighted by Crippen LogP contribution is 2.29. The quantitative estimate of drug-likeness (QED) is 0.167. The molecule has 1 N–H and O–H groups in total. The van der Waals surface area contributed by atoms with Gasteiger partial charge in [-0.3, -0.25) is 4.79 Å². The summed E-state index contributed by atoms with van der Waals surface area (Å²) in [6, 6.07) is 14.0. The Balaban J connectivity index is 2.13. The van der Waals surface area contributed by atoms with Gasteiger partial charge in [0, 0.05) is 25.3 Å². The maximum atomic E-state index is 12.4. The van der Waals surface area contributed by atoms with E-state index in [9.17, 15) is 14.9 Å². The van der Waals surface area contributed by atoms with Crippen molar-refractivity contribution in [2.45, 2.75) is 13.3 Å². The maximum Gasteiger partial charge on any atom is 0.336 e. The number of hydrogen-bond donors (Lipinski definition) is 1. The van der Waals surface area contributed by atoms with E-state index in [0.29, 0.717) is 24.5 Å². The maximum absolute atomic E-state index is 12.4. The van der Waals surface area contributed by atoms with Crippen LogP contribution in [0.4, 0.5) is 0 Å². The smallest absolute Gasteiger partial charge is 0.336 e. The lowest BCUT2D eigenvalue weighted by molar-refractivity contribution is -0.129. The van der Waals surface area contributed by atoms with Crippen LogP contribution in [0, 0.1) is 11.3 Å². The number of hydrogen-bond acceptors (Lipinski definition) is 7. The summed E-state index contributed by atoms with van der Waals surface area (Å²) in [6.07, 6.45) is 5.22. The molecule has 0 spiro atoms. The third kappa shape index (κ3) is 8.11. The summed E-state index contributed by atoms with van der Waals surface area (Å²) in [7, 11) is 2.95. The zero-order valence-electron chi connectivity index (χ0n) is 19.5. The Kier molecular flexibility index (Phi) is 10.9. The van der Waals surface area contributed by atoms with Crippen molar-refractivity contribution in [3.8, 4) is 23.3 Å². The van der Waals surface area contributed by atoms with Crippen molar-refractivity contribution in [2.24, 2.45) is 0 Å². The zero-order chi connectivity index (χ0) is 24.8. The van der Waals surface area contributed by atoms with Crippen LogP contribution >= 0.6 is 0 Å². The summed E-state index contributed by atoms with van der Waals surface area (Å²) in [6.45, 7) is 3.22. The van der Waals surface area contributed by atoms with Crippen molar-refractivity contribution in [3.63, 3.8) is 0 Å². The molecule has 0 aliphatic carbocycles. The second-order valence-electron chi connectivity index (χ2n) is 6.97. The number of amides is 1. The number of nitriles is 1. The number of carbonyl (C=O) groups excluding carboxylic acids is 2. The first-order valence-corrected chi connectivity index (χ1v) is 10.7. The molecule has 1 amide bonds. The molecule has 2 aromatic rings. The molecule has 0 fully saturated rings. The number of nitrogens with one attached hydrogen (secondary N) is 1. The molecule has 0 aliphatic rings. The van der Waals surface area contributed by atoms with Crippen molar-refractivity contribution < 1.29 is 28.5 Å². The van der Waals surface area contributed by atoms with Gasteiger partial charge in [0.1, 0.15) is 17.4 Å².